The molecular weight excluding hydrogens is 455 g/mol. The highest BCUT2D eigenvalue weighted by Gasteiger charge is 2.43. The zero-order chi connectivity index (χ0) is 19.2. The fourth-order valence-corrected chi connectivity index (χ4v) is 4.99. The standard InChI is InChI=1S/C25H33N2.HI/c1-22(20-27(2)18-12-4-3-5-13-19-27)25(21-26,23-14-8-6-9-15-23)24-16-10-7-11-17-24;/h6-11,14-17,22H,3-5,12-13,18-20H2,1-2H3;1H/q+1;/p-1. The minimum Gasteiger partial charge on any atom is -1.00 e. The topological polar surface area (TPSA) is 23.8 Å². The van der Waals surface area contributed by atoms with Gasteiger partial charge in [0.1, 0.15) is 5.41 Å². The molecule has 2 nitrogen and oxygen atoms in total. The minimum absolute atomic E-state index is 0. The van der Waals surface area contributed by atoms with Gasteiger partial charge in [-0.25, -0.2) is 0 Å². The monoisotopic (exact) mass is 488 g/mol. The van der Waals surface area contributed by atoms with Crippen molar-refractivity contribution in [2.24, 2.45) is 5.92 Å². The Hall–Kier alpha value is -1.38. The van der Waals surface area contributed by atoms with Crippen molar-refractivity contribution in [1.29, 1.82) is 5.26 Å². The summed E-state index contributed by atoms with van der Waals surface area (Å²) in [7, 11) is 2.40. The van der Waals surface area contributed by atoms with Gasteiger partial charge in [-0.15, -0.1) is 0 Å². The molecule has 0 radical (unpaired) electrons. The second kappa shape index (κ2) is 10.4. The van der Waals surface area contributed by atoms with Crippen LogP contribution in [0.5, 0.6) is 0 Å². The molecule has 1 atom stereocenters. The SMILES string of the molecule is CC(C[N+]1(C)CCCCCCC1)C(C#N)(c1ccccc1)c1ccccc1.[I-]. The Bertz CT molecular complexity index is 704. The maximum atomic E-state index is 10.5. The molecule has 0 aliphatic carbocycles. The highest BCUT2D eigenvalue weighted by molar-refractivity contribution is 5.46. The van der Waals surface area contributed by atoms with Crippen molar-refractivity contribution in [3.8, 4) is 6.07 Å². The van der Waals surface area contributed by atoms with Crippen LogP contribution in [0, 0.1) is 17.2 Å². The number of hydrogen-bond acceptors (Lipinski definition) is 1. The highest BCUT2D eigenvalue weighted by atomic mass is 127. The molecule has 1 aliphatic rings. The predicted molar refractivity (Wildman–Crippen MR) is 112 cm³/mol. The van der Waals surface area contributed by atoms with E-state index in [-0.39, 0.29) is 29.9 Å². The van der Waals surface area contributed by atoms with E-state index in [4.69, 9.17) is 0 Å². The first-order chi connectivity index (χ1) is 13.1. The maximum absolute atomic E-state index is 10.5. The lowest BCUT2D eigenvalue weighted by atomic mass is 9.67. The van der Waals surface area contributed by atoms with Gasteiger partial charge in [-0.2, -0.15) is 5.26 Å². The van der Waals surface area contributed by atoms with Crippen molar-refractivity contribution in [3.63, 3.8) is 0 Å². The molecule has 3 heteroatoms. The van der Waals surface area contributed by atoms with E-state index < -0.39 is 5.41 Å². The van der Waals surface area contributed by atoms with Crippen molar-refractivity contribution in [2.75, 3.05) is 26.7 Å². The Labute approximate surface area is 188 Å². The van der Waals surface area contributed by atoms with E-state index in [9.17, 15) is 5.26 Å². The quantitative estimate of drug-likeness (QED) is 0.469. The average molecular weight is 488 g/mol. The lowest BCUT2D eigenvalue weighted by molar-refractivity contribution is -0.913. The van der Waals surface area contributed by atoms with E-state index in [1.165, 1.54) is 45.2 Å². The minimum atomic E-state index is -0.605. The number of likely N-dealkylation sites (tertiary alicyclic amines) is 1. The Morgan fingerprint density at radius 2 is 1.29 bits per heavy atom. The molecule has 1 aliphatic heterocycles. The van der Waals surface area contributed by atoms with Crippen LogP contribution < -0.4 is 24.0 Å². The van der Waals surface area contributed by atoms with E-state index in [0.717, 1.165) is 22.2 Å². The van der Waals surface area contributed by atoms with Gasteiger partial charge in [-0.3, -0.25) is 0 Å². The fourth-order valence-electron chi connectivity index (χ4n) is 4.99. The summed E-state index contributed by atoms with van der Waals surface area (Å²) in [6.45, 7) is 5.79. The van der Waals surface area contributed by atoms with Crippen molar-refractivity contribution >= 4 is 0 Å². The van der Waals surface area contributed by atoms with Gasteiger partial charge in [0.15, 0.2) is 0 Å². The molecule has 0 amide bonds. The van der Waals surface area contributed by atoms with E-state index in [0.29, 0.717) is 0 Å². The molecule has 150 valence electrons. The molecule has 0 N–H and O–H groups in total. The van der Waals surface area contributed by atoms with Gasteiger partial charge in [0.2, 0.25) is 0 Å². The molecule has 28 heavy (non-hydrogen) atoms. The lowest BCUT2D eigenvalue weighted by Gasteiger charge is -2.42. The van der Waals surface area contributed by atoms with Gasteiger partial charge in [-0.1, -0.05) is 74.0 Å². The number of halogens is 1. The van der Waals surface area contributed by atoms with Gasteiger partial charge in [0.25, 0.3) is 0 Å². The van der Waals surface area contributed by atoms with Crippen LogP contribution in [0.1, 0.15) is 50.2 Å². The molecule has 1 unspecified atom stereocenters. The first-order valence-corrected chi connectivity index (χ1v) is 10.5. The van der Waals surface area contributed by atoms with Crippen LogP contribution in [0.15, 0.2) is 60.7 Å². The van der Waals surface area contributed by atoms with Gasteiger partial charge >= 0.3 is 0 Å². The number of hydrogen-bond donors (Lipinski definition) is 0. The van der Waals surface area contributed by atoms with Gasteiger partial charge in [0.05, 0.1) is 32.8 Å². The lowest BCUT2D eigenvalue weighted by Crippen LogP contribution is -3.00. The van der Waals surface area contributed by atoms with Crippen molar-refractivity contribution in [1.82, 2.24) is 0 Å². The third-order valence-electron chi connectivity index (χ3n) is 6.48. The van der Waals surface area contributed by atoms with Crippen LogP contribution in [0.2, 0.25) is 0 Å². The van der Waals surface area contributed by atoms with Crippen LogP contribution >= 0.6 is 0 Å². The van der Waals surface area contributed by atoms with Crippen molar-refractivity contribution < 1.29 is 28.5 Å². The third kappa shape index (κ3) is 4.96. The second-order valence-corrected chi connectivity index (χ2v) is 8.57. The molecular formula is C25H33IN2. The Morgan fingerprint density at radius 3 is 1.71 bits per heavy atom. The molecule has 1 fully saturated rings. The normalized spacial score (nSPS) is 18.0. The zero-order valence-corrected chi connectivity index (χ0v) is 19.4. The first-order valence-electron chi connectivity index (χ1n) is 10.5. The summed E-state index contributed by atoms with van der Waals surface area (Å²) >= 11 is 0. The summed E-state index contributed by atoms with van der Waals surface area (Å²) in [4.78, 5) is 0. The predicted octanol–water partition coefficient (Wildman–Crippen LogP) is 2.55. The van der Waals surface area contributed by atoms with Crippen LogP contribution in [0.25, 0.3) is 0 Å². The van der Waals surface area contributed by atoms with Gasteiger partial charge < -0.3 is 28.5 Å². The fraction of sp³-hybridized carbons (Fsp3) is 0.480. The summed E-state index contributed by atoms with van der Waals surface area (Å²) in [5.41, 5.74) is 1.63. The highest BCUT2D eigenvalue weighted by Crippen LogP contribution is 2.40. The Kier molecular flexibility index (Phi) is 8.52. The summed E-state index contributed by atoms with van der Waals surface area (Å²) in [5, 5.41) is 10.5. The number of rotatable bonds is 5. The number of quaternary nitrogens is 1. The van der Waals surface area contributed by atoms with Crippen LogP contribution in [0.3, 0.4) is 0 Å². The molecule has 3 rings (SSSR count). The summed E-state index contributed by atoms with van der Waals surface area (Å²) in [6.07, 6.45) is 6.69. The maximum Gasteiger partial charge on any atom is 0.115 e. The average Bonchev–Trinajstić information content (AvgIpc) is 2.68. The number of nitriles is 1. The summed E-state index contributed by atoms with van der Waals surface area (Å²) in [6, 6.07) is 23.6. The first kappa shape index (κ1) is 22.9. The van der Waals surface area contributed by atoms with Crippen LogP contribution in [-0.4, -0.2) is 31.2 Å². The Balaban J connectivity index is 0.00000280. The molecule has 2 aromatic rings. The van der Waals surface area contributed by atoms with E-state index in [1.54, 1.807) is 0 Å². The summed E-state index contributed by atoms with van der Waals surface area (Å²) in [5.74, 6) is 0.233. The summed E-state index contributed by atoms with van der Waals surface area (Å²) < 4.78 is 1.09. The molecule has 0 spiro atoms. The van der Waals surface area contributed by atoms with E-state index >= 15 is 0 Å². The molecule has 2 aromatic carbocycles. The number of nitrogens with zero attached hydrogens (tertiary/aromatic N) is 2. The van der Waals surface area contributed by atoms with Crippen LogP contribution in [0.4, 0.5) is 0 Å². The molecule has 0 saturated carbocycles. The largest absolute Gasteiger partial charge is 1.00 e. The van der Waals surface area contributed by atoms with E-state index in [1.807, 2.05) is 12.1 Å². The molecule has 0 aromatic heterocycles. The molecule has 1 heterocycles. The van der Waals surface area contributed by atoms with Gasteiger partial charge in [-0.05, 0) is 36.8 Å². The molecule has 0 bridgehead atoms. The van der Waals surface area contributed by atoms with Crippen molar-refractivity contribution in [2.45, 2.75) is 44.4 Å². The Morgan fingerprint density at radius 1 is 0.857 bits per heavy atom. The second-order valence-electron chi connectivity index (χ2n) is 8.57. The zero-order valence-electron chi connectivity index (χ0n) is 17.3. The smallest absolute Gasteiger partial charge is 0.115 e. The van der Waals surface area contributed by atoms with Crippen molar-refractivity contribution in [3.05, 3.63) is 71.8 Å². The van der Waals surface area contributed by atoms with Crippen LogP contribution in [-0.2, 0) is 5.41 Å². The number of benzene rings is 2. The van der Waals surface area contributed by atoms with E-state index in [2.05, 4.69) is 68.6 Å². The van der Waals surface area contributed by atoms with Gasteiger partial charge in [0, 0.05) is 5.92 Å². The third-order valence-corrected chi connectivity index (χ3v) is 6.48. The molecule has 1 saturated heterocycles.